The lowest BCUT2D eigenvalue weighted by Crippen LogP contribution is -2.33. The zero-order valence-corrected chi connectivity index (χ0v) is 13.4. The highest BCUT2D eigenvalue weighted by molar-refractivity contribution is 5.92. The molecule has 0 aromatic carbocycles. The zero-order chi connectivity index (χ0) is 15.5. The van der Waals surface area contributed by atoms with Gasteiger partial charge in [-0.1, -0.05) is 13.8 Å². The van der Waals surface area contributed by atoms with Gasteiger partial charge in [-0.15, -0.1) is 0 Å². The number of aliphatic hydroxyl groups excluding tert-OH is 1. The molecule has 0 aliphatic carbocycles. The highest BCUT2D eigenvalue weighted by Crippen LogP contribution is 2.16. The third-order valence-electron chi connectivity index (χ3n) is 3.00. The second-order valence-electron chi connectivity index (χ2n) is 6.75. The number of rotatable bonds is 5. The van der Waals surface area contributed by atoms with Gasteiger partial charge in [0.2, 0.25) is 0 Å². The Labute approximate surface area is 121 Å². The standard InChI is InChI=1S/C15H27N3O2/c1-10(2)7-12(19)9-16-14(20)13-8-11(3)18(17-13)15(4,5)6/h8,10,12,19H,7,9H2,1-6H3,(H,16,20). The summed E-state index contributed by atoms with van der Waals surface area (Å²) in [6, 6.07) is 1.77. The van der Waals surface area contributed by atoms with E-state index < -0.39 is 6.10 Å². The number of nitrogens with one attached hydrogen (secondary N) is 1. The highest BCUT2D eigenvalue weighted by atomic mass is 16.3. The minimum Gasteiger partial charge on any atom is -0.391 e. The third kappa shape index (κ3) is 4.63. The molecule has 0 saturated carbocycles. The smallest absolute Gasteiger partial charge is 0.271 e. The number of hydrogen-bond donors (Lipinski definition) is 2. The van der Waals surface area contributed by atoms with Gasteiger partial charge in [-0.05, 0) is 46.1 Å². The number of carbonyl (C=O) groups excluding carboxylic acids is 1. The van der Waals surface area contributed by atoms with Crippen molar-refractivity contribution in [2.24, 2.45) is 5.92 Å². The van der Waals surface area contributed by atoms with Gasteiger partial charge in [0.05, 0.1) is 11.6 Å². The highest BCUT2D eigenvalue weighted by Gasteiger charge is 2.20. The normalized spacial score (nSPS) is 13.6. The van der Waals surface area contributed by atoms with E-state index >= 15 is 0 Å². The Balaban J connectivity index is 2.65. The van der Waals surface area contributed by atoms with Crippen LogP contribution in [0.4, 0.5) is 0 Å². The summed E-state index contributed by atoms with van der Waals surface area (Å²) in [5, 5.41) is 16.8. The summed E-state index contributed by atoms with van der Waals surface area (Å²) in [6.45, 7) is 12.4. The maximum atomic E-state index is 12.0. The van der Waals surface area contributed by atoms with E-state index in [0.717, 1.165) is 5.69 Å². The van der Waals surface area contributed by atoms with E-state index in [1.807, 2.05) is 46.2 Å². The Kier molecular flexibility index (Phi) is 5.34. The van der Waals surface area contributed by atoms with Crippen molar-refractivity contribution in [3.05, 3.63) is 17.5 Å². The summed E-state index contributed by atoms with van der Waals surface area (Å²) in [4.78, 5) is 12.0. The molecule has 1 amide bonds. The van der Waals surface area contributed by atoms with Crippen LogP contribution in [-0.4, -0.2) is 33.4 Å². The van der Waals surface area contributed by atoms with Gasteiger partial charge in [-0.3, -0.25) is 9.48 Å². The van der Waals surface area contributed by atoms with Crippen molar-refractivity contribution < 1.29 is 9.90 Å². The van der Waals surface area contributed by atoms with Gasteiger partial charge < -0.3 is 10.4 Å². The van der Waals surface area contributed by atoms with Crippen LogP contribution in [-0.2, 0) is 5.54 Å². The topological polar surface area (TPSA) is 67.2 Å². The summed E-state index contributed by atoms with van der Waals surface area (Å²) in [5.74, 6) is 0.170. The van der Waals surface area contributed by atoms with Crippen LogP contribution < -0.4 is 5.32 Å². The molecule has 0 aliphatic heterocycles. The lowest BCUT2D eigenvalue weighted by atomic mass is 10.1. The molecule has 2 N–H and O–H groups in total. The Bertz CT molecular complexity index is 458. The number of aliphatic hydroxyl groups is 1. The fourth-order valence-corrected chi connectivity index (χ4v) is 2.19. The lowest BCUT2D eigenvalue weighted by molar-refractivity contribution is 0.0894. The van der Waals surface area contributed by atoms with Crippen LogP contribution in [0.2, 0.25) is 0 Å². The van der Waals surface area contributed by atoms with Crippen molar-refractivity contribution in [1.29, 1.82) is 0 Å². The molecule has 1 rings (SSSR count). The summed E-state index contributed by atoms with van der Waals surface area (Å²) in [5.41, 5.74) is 1.19. The average molecular weight is 281 g/mol. The van der Waals surface area contributed by atoms with Crippen molar-refractivity contribution in [2.45, 2.75) is 59.6 Å². The van der Waals surface area contributed by atoms with Gasteiger partial charge in [0.1, 0.15) is 5.69 Å². The van der Waals surface area contributed by atoms with Crippen LogP contribution in [0.15, 0.2) is 6.07 Å². The molecular formula is C15H27N3O2. The fraction of sp³-hybridized carbons (Fsp3) is 0.733. The first kappa shape index (κ1) is 16.7. The molecule has 1 aromatic rings. The van der Waals surface area contributed by atoms with Gasteiger partial charge in [-0.2, -0.15) is 5.10 Å². The van der Waals surface area contributed by atoms with E-state index in [1.54, 1.807) is 6.07 Å². The first-order valence-corrected chi connectivity index (χ1v) is 7.14. The quantitative estimate of drug-likeness (QED) is 0.868. The van der Waals surface area contributed by atoms with Gasteiger partial charge >= 0.3 is 0 Å². The molecule has 114 valence electrons. The maximum absolute atomic E-state index is 12.0. The number of hydrogen-bond acceptors (Lipinski definition) is 3. The van der Waals surface area contributed by atoms with Crippen molar-refractivity contribution in [3.63, 3.8) is 0 Å². The predicted molar refractivity (Wildman–Crippen MR) is 79.8 cm³/mol. The van der Waals surface area contributed by atoms with Crippen LogP contribution in [0, 0.1) is 12.8 Å². The minimum absolute atomic E-state index is 0.153. The molecule has 5 heteroatoms. The van der Waals surface area contributed by atoms with E-state index in [1.165, 1.54) is 0 Å². The molecule has 5 nitrogen and oxygen atoms in total. The van der Waals surface area contributed by atoms with Crippen LogP contribution in [0.5, 0.6) is 0 Å². The number of aryl methyl sites for hydroxylation is 1. The number of carbonyl (C=O) groups is 1. The third-order valence-corrected chi connectivity index (χ3v) is 3.00. The first-order valence-electron chi connectivity index (χ1n) is 7.14. The monoisotopic (exact) mass is 281 g/mol. The van der Waals surface area contributed by atoms with Crippen molar-refractivity contribution in [2.75, 3.05) is 6.54 Å². The summed E-state index contributed by atoms with van der Waals surface area (Å²) in [7, 11) is 0. The molecule has 1 atom stereocenters. The molecule has 1 unspecified atom stereocenters. The number of nitrogens with zero attached hydrogens (tertiary/aromatic N) is 2. The molecule has 1 aromatic heterocycles. The average Bonchev–Trinajstić information content (AvgIpc) is 2.67. The van der Waals surface area contributed by atoms with Crippen molar-refractivity contribution in [3.8, 4) is 0 Å². The zero-order valence-electron chi connectivity index (χ0n) is 13.4. The molecule has 0 spiro atoms. The largest absolute Gasteiger partial charge is 0.391 e. The van der Waals surface area contributed by atoms with Gasteiger partial charge in [0, 0.05) is 12.2 Å². The molecule has 20 heavy (non-hydrogen) atoms. The van der Waals surface area contributed by atoms with Crippen LogP contribution in [0.25, 0.3) is 0 Å². The SMILES string of the molecule is Cc1cc(C(=O)NCC(O)CC(C)C)nn1C(C)(C)C. The van der Waals surface area contributed by atoms with Crippen LogP contribution >= 0.6 is 0 Å². The molecule has 0 radical (unpaired) electrons. The van der Waals surface area contributed by atoms with Crippen LogP contribution in [0.3, 0.4) is 0 Å². The van der Waals surface area contributed by atoms with Gasteiger partial charge in [0.25, 0.3) is 5.91 Å². The van der Waals surface area contributed by atoms with Crippen molar-refractivity contribution >= 4 is 5.91 Å². The lowest BCUT2D eigenvalue weighted by Gasteiger charge is -2.21. The Morgan fingerprint density at radius 2 is 2.05 bits per heavy atom. The predicted octanol–water partition coefficient (Wildman–Crippen LogP) is 2.08. The van der Waals surface area contributed by atoms with E-state index in [0.29, 0.717) is 18.0 Å². The second kappa shape index (κ2) is 6.39. The fourth-order valence-electron chi connectivity index (χ4n) is 2.19. The Morgan fingerprint density at radius 1 is 1.45 bits per heavy atom. The van der Waals surface area contributed by atoms with Crippen molar-refractivity contribution in [1.82, 2.24) is 15.1 Å². The molecule has 0 aliphatic rings. The maximum Gasteiger partial charge on any atom is 0.271 e. The number of amides is 1. The molecule has 1 heterocycles. The molecule has 0 fully saturated rings. The van der Waals surface area contributed by atoms with Crippen LogP contribution in [0.1, 0.15) is 57.2 Å². The van der Waals surface area contributed by atoms with Gasteiger partial charge in [-0.25, -0.2) is 0 Å². The first-order chi connectivity index (χ1) is 9.11. The van der Waals surface area contributed by atoms with E-state index in [9.17, 15) is 9.90 Å². The van der Waals surface area contributed by atoms with E-state index in [-0.39, 0.29) is 18.0 Å². The summed E-state index contributed by atoms with van der Waals surface area (Å²) >= 11 is 0. The van der Waals surface area contributed by atoms with E-state index in [4.69, 9.17) is 0 Å². The van der Waals surface area contributed by atoms with E-state index in [2.05, 4.69) is 10.4 Å². The Morgan fingerprint density at radius 3 is 2.50 bits per heavy atom. The second-order valence-corrected chi connectivity index (χ2v) is 6.75. The molecule has 0 bridgehead atoms. The minimum atomic E-state index is -0.509. The Hall–Kier alpha value is -1.36. The summed E-state index contributed by atoms with van der Waals surface area (Å²) in [6.07, 6.45) is 0.167. The molecular weight excluding hydrogens is 254 g/mol. The van der Waals surface area contributed by atoms with Gasteiger partial charge in [0.15, 0.2) is 0 Å². The number of aromatic nitrogens is 2. The summed E-state index contributed by atoms with van der Waals surface area (Å²) < 4.78 is 1.84. The molecule has 0 saturated heterocycles.